The summed E-state index contributed by atoms with van der Waals surface area (Å²) >= 11 is 0. The van der Waals surface area contributed by atoms with Crippen LogP contribution in [0.25, 0.3) is 0 Å². The lowest BCUT2D eigenvalue weighted by Gasteiger charge is -2.42. The van der Waals surface area contributed by atoms with Crippen molar-refractivity contribution in [3.8, 4) is 0 Å². The molecule has 0 spiro atoms. The number of rotatable bonds is 9. The fourth-order valence-corrected chi connectivity index (χ4v) is 5.67. The Morgan fingerprint density at radius 2 is 1.67 bits per heavy atom. The second-order valence-corrected chi connectivity index (χ2v) is 10.9. The van der Waals surface area contributed by atoms with Gasteiger partial charge in [-0.15, -0.1) is 0 Å². The molecule has 2 saturated heterocycles. The Labute approximate surface area is 201 Å². The van der Waals surface area contributed by atoms with Crippen LogP contribution in [0.1, 0.15) is 13.2 Å². The van der Waals surface area contributed by atoms with Crippen LogP contribution in [0.2, 0.25) is 0 Å². The Kier molecular flexibility index (Phi) is 9.08. The van der Waals surface area contributed by atoms with Gasteiger partial charge in [0.2, 0.25) is 0 Å². The van der Waals surface area contributed by atoms with Crippen LogP contribution in [0.5, 0.6) is 0 Å². The highest BCUT2D eigenvalue weighted by molar-refractivity contribution is 7.59. The summed E-state index contributed by atoms with van der Waals surface area (Å²) in [6, 6.07) is 0.929. The van der Waals surface area contributed by atoms with Crippen molar-refractivity contribution in [1.82, 2.24) is 9.55 Å². The molecule has 8 unspecified atom stereocenters. The summed E-state index contributed by atoms with van der Waals surface area (Å²) in [4.78, 5) is 49.1. The molecule has 0 saturated carbocycles. The second-order valence-electron chi connectivity index (χ2n) is 8.01. The molecule has 1 aromatic heterocycles. The minimum atomic E-state index is -5.74. The molecule has 0 bridgehead atoms. The van der Waals surface area contributed by atoms with E-state index in [2.05, 4.69) is 13.4 Å². The van der Waals surface area contributed by atoms with Gasteiger partial charge in [-0.05, 0) is 0 Å². The average Bonchev–Trinajstić information content (AvgIpc) is 3.06. The van der Waals surface area contributed by atoms with Gasteiger partial charge in [0.1, 0.15) is 30.5 Å². The van der Waals surface area contributed by atoms with Crippen LogP contribution < -0.4 is 21.0 Å². The second kappa shape index (κ2) is 11.2. The summed E-state index contributed by atoms with van der Waals surface area (Å²) in [6.45, 7) is -0.672. The van der Waals surface area contributed by atoms with Crippen molar-refractivity contribution >= 4 is 15.6 Å². The molecule has 0 radical (unpaired) electrons. The number of aromatic nitrogens is 2. The van der Waals surface area contributed by atoms with Crippen molar-refractivity contribution in [2.24, 2.45) is 5.92 Å². The molecule has 1 aromatic rings. The maximum atomic E-state index is 12.1. The molecule has 6 N–H and O–H groups in total. The van der Waals surface area contributed by atoms with Gasteiger partial charge in [0, 0.05) is 18.2 Å². The third kappa shape index (κ3) is 6.56. The number of nitrogens with one attached hydrogen (secondary N) is 1. The van der Waals surface area contributed by atoms with Gasteiger partial charge in [0.05, 0.1) is 19.3 Å². The molecule has 18 nitrogen and oxygen atoms in total. The minimum absolute atomic E-state index is 0.721. The average molecular weight is 562 g/mol. The van der Waals surface area contributed by atoms with Crippen LogP contribution in [0.4, 0.5) is 0 Å². The number of aromatic amines is 1. The number of H-pyrrole nitrogens is 1. The molecular weight excluding hydrogens is 538 g/mol. The first-order valence-corrected chi connectivity index (χ1v) is 13.2. The van der Waals surface area contributed by atoms with Crippen molar-refractivity contribution in [3.05, 3.63) is 33.1 Å². The normalized spacial score (nSPS) is 38.4. The summed E-state index contributed by atoms with van der Waals surface area (Å²) in [6.07, 6.45) is -12.2. The Morgan fingerprint density at radius 3 is 2.28 bits per heavy atom. The Hall–Kier alpha value is -1.34. The summed E-state index contributed by atoms with van der Waals surface area (Å²) < 4.78 is 48.0. The summed E-state index contributed by atoms with van der Waals surface area (Å²) in [7, 11) is -11.5. The van der Waals surface area contributed by atoms with E-state index in [1.165, 1.54) is 6.92 Å². The van der Waals surface area contributed by atoms with E-state index in [0.717, 1.165) is 16.8 Å². The van der Waals surface area contributed by atoms with E-state index >= 15 is 0 Å². The maximum Gasteiger partial charge on any atom is 0.330 e. The van der Waals surface area contributed by atoms with Crippen molar-refractivity contribution in [1.29, 1.82) is 0 Å². The van der Waals surface area contributed by atoms with Crippen LogP contribution in [0.15, 0.2) is 21.9 Å². The summed E-state index contributed by atoms with van der Waals surface area (Å²) in [5, 5.41) is 49.1. The largest absolute Gasteiger partial charge is 0.756 e. The first kappa shape index (κ1) is 29.2. The predicted octanol–water partition coefficient (Wildman–Crippen LogP) is -4.78. The highest BCUT2D eigenvalue weighted by Crippen LogP contribution is 2.57. The number of ether oxygens (including phenoxy) is 2. The monoisotopic (exact) mass is 562 g/mol. The number of phosphoric ester groups is 2. The van der Waals surface area contributed by atoms with Gasteiger partial charge in [-0.3, -0.25) is 28.0 Å². The fraction of sp³-hybridized carbons (Fsp3) is 0.750. The molecule has 0 aromatic carbocycles. The van der Waals surface area contributed by atoms with Crippen LogP contribution in [-0.2, 0) is 32.0 Å². The highest BCUT2D eigenvalue weighted by atomic mass is 31.3. The zero-order valence-corrected chi connectivity index (χ0v) is 20.1. The van der Waals surface area contributed by atoms with Crippen molar-refractivity contribution in [2.45, 2.75) is 56.1 Å². The third-order valence-electron chi connectivity index (χ3n) is 5.48. The smallest absolute Gasteiger partial charge is 0.330 e. The third-order valence-corrected chi connectivity index (χ3v) is 8.01. The maximum absolute atomic E-state index is 12.1. The van der Waals surface area contributed by atoms with E-state index in [-0.39, 0.29) is 0 Å². The molecule has 0 aliphatic carbocycles. The zero-order valence-electron chi connectivity index (χ0n) is 18.3. The minimum Gasteiger partial charge on any atom is -0.756 e. The topological polar surface area (TPSA) is 282 Å². The SMILES string of the molecule is CC1[C@H](OP(=O)([O-])OP(=O)([O-])OCC2OC(n3ccc(=O)[nH]c3=O)C(O)C2O)OC(CO)[C@H](O)[C@@H]1O. The standard InChI is InChI=1S/C16H26N2O16P2/c1-6-10(21)11(22)7(4-19)32-15(6)33-36(28,29)34-35(26,27)30-5-8-12(23)13(24)14(31-8)18-3-2-9(20)17-16(18)25/h2-3,6-8,10-15,19,21-24H,4-5H2,1H3,(H,26,27)(H,28,29)(H,17,20,25)/p-2/t6?,7?,8?,10-,11+,12?,13?,14?,15+/m1/s1. The molecule has 2 aliphatic rings. The molecule has 3 heterocycles. The molecule has 11 atom stereocenters. The highest BCUT2D eigenvalue weighted by Gasteiger charge is 2.46. The molecule has 3 rings (SSSR count). The number of aliphatic hydroxyl groups is 5. The van der Waals surface area contributed by atoms with Crippen LogP contribution >= 0.6 is 15.6 Å². The number of phosphoric acid groups is 2. The lowest BCUT2D eigenvalue weighted by Crippen LogP contribution is -2.55. The Morgan fingerprint density at radius 1 is 1.03 bits per heavy atom. The van der Waals surface area contributed by atoms with Gasteiger partial charge in [-0.25, -0.2) is 9.11 Å². The van der Waals surface area contributed by atoms with Crippen molar-refractivity contribution < 1.29 is 67.3 Å². The van der Waals surface area contributed by atoms with Gasteiger partial charge >= 0.3 is 5.69 Å². The van der Waals surface area contributed by atoms with E-state index in [1.54, 1.807) is 0 Å². The zero-order chi connectivity index (χ0) is 27.0. The first-order chi connectivity index (χ1) is 16.7. The van der Waals surface area contributed by atoms with Gasteiger partial charge in [0.15, 0.2) is 12.5 Å². The quantitative estimate of drug-likeness (QED) is 0.154. The number of aliphatic hydroxyl groups excluding tert-OH is 5. The van der Waals surface area contributed by atoms with Crippen LogP contribution in [0, 0.1) is 5.92 Å². The van der Waals surface area contributed by atoms with E-state index in [0.29, 0.717) is 0 Å². The van der Waals surface area contributed by atoms with Gasteiger partial charge in [-0.1, -0.05) is 6.92 Å². The number of hydrogen-bond acceptors (Lipinski definition) is 16. The van der Waals surface area contributed by atoms with E-state index in [9.17, 15) is 54.0 Å². The molecule has 2 fully saturated rings. The predicted molar refractivity (Wildman–Crippen MR) is 108 cm³/mol. The van der Waals surface area contributed by atoms with Crippen LogP contribution in [-0.4, -0.2) is 91.2 Å². The van der Waals surface area contributed by atoms with E-state index in [1.807, 2.05) is 4.98 Å². The summed E-state index contributed by atoms with van der Waals surface area (Å²) in [5.41, 5.74) is -1.74. The van der Waals surface area contributed by atoms with Gasteiger partial charge in [0.25, 0.3) is 21.2 Å². The summed E-state index contributed by atoms with van der Waals surface area (Å²) in [5.74, 6) is -1.20. The first-order valence-electron chi connectivity index (χ1n) is 10.3. The lowest BCUT2D eigenvalue weighted by molar-refractivity contribution is -0.292. The van der Waals surface area contributed by atoms with Gasteiger partial charge < -0.3 is 49.3 Å². The molecule has 206 valence electrons. The number of nitrogens with zero attached hydrogens (tertiary/aromatic N) is 1. The van der Waals surface area contributed by atoms with Crippen molar-refractivity contribution in [2.75, 3.05) is 13.2 Å². The molecule has 36 heavy (non-hydrogen) atoms. The molecular formula is C16H24N2O16P2-2. The van der Waals surface area contributed by atoms with Crippen molar-refractivity contribution in [3.63, 3.8) is 0 Å². The molecule has 0 amide bonds. The van der Waals surface area contributed by atoms with Gasteiger partial charge in [-0.2, -0.15) is 0 Å². The van der Waals surface area contributed by atoms with E-state index in [4.69, 9.17) is 9.47 Å². The molecule has 2 aliphatic heterocycles. The number of hydrogen-bond donors (Lipinski definition) is 6. The lowest BCUT2D eigenvalue weighted by atomic mass is 9.93. The van der Waals surface area contributed by atoms with E-state index < -0.39 is 95.2 Å². The Bertz CT molecular complexity index is 1120. The Balaban J connectivity index is 1.61. The fourth-order valence-electron chi connectivity index (χ4n) is 3.52. The van der Waals surface area contributed by atoms with Crippen LogP contribution in [0.3, 0.4) is 0 Å². The molecule has 20 heteroatoms.